The number of fused-ring (bicyclic) bond motifs is 1. The molecule has 1 unspecified atom stereocenters. The maximum atomic E-state index is 12.1. The van der Waals surface area contributed by atoms with Crippen LogP contribution in [0, 0.1) is 0 Å². The Morgan fingerprint density at radius 1 is 1.25 bits per heavy atom. The van der Waals surface area contributed by atoms with E-state index in [-0.39, 0.29) is 12.1 Å². The standard InChI is InChI=1S/C16H15N3O4S/c1-9(23-14(20)8-11-3-2-6-24-11)15(21)17-10-4-5-12-13(7-10)19-16(22)18-12/h2-7,9H,8H2,1H3,(H,17,21)(H2,18,19,22). The quantitative estimate of drug-likeness (QED) is 0.615. The van der Waals surface area contributed by atoms with Gasteiger partial charge in [-0.3, -0.25) is 9.59 Å². The lowest BCUT2D eigenvalue weighted by Crippen LogP contribution is -2.30. The number of carbonyl (C=O) groups is 2. The molecule has 1 atom stereocenters. The number of hydrogen-bond donors (Lipinski definition) is 3. The highest BCUT2D eigenvalue weighted by Gasteiger charge is 2.18. The smallest absolute Gasteiger partial charge is 0.323 e. The van der Waals surface area contributed by atoms with E-state index in [2.05, 4.69) is 15.3 Å². The molecule has 0 fully saturated rings. The number of H-pyrrole nitrogens is 2. The monoisotopic (exact) mass is 345 g/mol. The molecule has 0 aliphatic heterocycles. The van der Waals surface area contributed by atoms with Crippen molar-refractivity contribution < 1.29 is 14.3 Å². The molecule has 8 heteroatoms. The Kier molecular flexibility index (Phi) is 4.48. The topological polar surface area (TPSA) is 104 Å². The normalized spacial score (nSPS) is 12.0. The third kappa shape index (κ3) is 3.72. The SMILES string of the molecule is CC(OC(=O)Cc1cccs1)C(=O)Nc1ccc2[nH]c(=O)[nH]c2c1. The summed E-state index contributed by atoms with van der Waals surface area (Å²) in [5, 5.41) is 4.53. The van der Waals surface area contributed by atoms with Crippen molar-refractivity contribution in [3.63, 3.8) is 0 Å². The first-order chi connectivity index (χ1) is 11.5. The molecule has 1 aromatic carbocycles. The molecule has 3 N–H and O–H groups in total. The third-order valence-corrected chi connectivity index (χ3v) is 4.24. The van der Waals surface area contributed by atoms with E-state index in [1.54, 1.807) is 18.2 Å². The minimum Gasteiger partial charge on any atom is -0.452 e. The molecule has 1 amide bonds. The van der Waals surface area contributed by atoms with Crippen LogP contribution in [0.25, 0.3) is 11.0 Å². The van der Waals surface area contributed by atoms with E-state index in [4.69, 9.17) is 4.74 Å². The zero-order chi connectivity index (χ0) is 17.1. The van der Waals surface area contributed by atoms with Gasteiger partial charge in [0.1, 0.15) is 0 Å². The zero-order valence-electron chi connectivity index (χ0n) is 12.8. The number of hydrogen-bond acceptors (Lipinski definition) is 5. The Hall–Kier alpha value is -2.87. The Balaban J connectivity index is 1.60. The fraction of sp³-hybridized carbons (Fsp3) is 0.188. The van der Waals surface area contributed by atoms with Gasteiger partial charge in [-0.05, 0) is 36.6 Å². The number of aromatic amines is 2. The molecular weight excluding hydrogens is 330 g/mol. The summed E-state index contributed by atoms with van der Waals surface area (Å²) in [6.45, 7) is 1.51. The highest BCUT2D eigenvalue weighted by Crippen LogP contribution is 2.15. The van der Waals surface area contributed by atoms with Crippen LogP contribution in [0.15, 0.2) is 40.5 Å². The first-order valence-corrected chi connectivity index (χ1v) is 8.14. The molecule has 0 saturated carbocycles. The van der Waals surface area contributed by atoms with Gasteiger partial charge in [-0.1, -0.05) is 6.07 Å². The maximum absolute atomic E-state index is 12.1. The molecule has 0 saturated heterocycles. The molecule has 2 heterocycles. The zero-order valence-corrected chi connectivity index (χ0v) is 13.6. The lowest BCUT2D eigenvalue weighted by molar-refractivity contribution is -0.152. The first-order valence-electron chi connectivity index (χ1n) is 7.26. The Bertz CT molecular complexity index is 926. The minimum atomic E-state index is -0.918. The third-order valence-electron chi connectivity index (χ3n) is 3.36. The molecule has 7 nitrogen and oxygen atoms in total. The van der Waals surface area contributed by atoms with Gasteiger partial charge in [0, 0.05) is 10.6 Å². The molecule has 124 valence electrons. The van der Waals surface area contributed by atoms with Gasteiger partial charge < -0.3 is 20.0 Å². The van der Waals surface area contributed by atoms with Crippen molar-refractivity contribution in [3.8, 4) is 0 Å². The van der Waals surface area contributed by atoms with Crippen molar-refractivity contribution in [1.29, 1.82) is 0 Å². The van der Waals surface area contributed by atoms with Crippen LogP contribution >= 0.6 is 11.3 Å². The molecular formula is C16H15N3O4S. The van der Waals surface area contributed by atoms with Gasteiger partial charge in [-0.2, -0.15) is 0 Å². The molecule has 0 radical (unpaired) electrons. The maximum Gasteiger partial charge on any atom is 0.323 e. The number of imidazole rings is 1. The van der Waals surface area contributed by atoms with Crippen LogP contribution in [0.4, 0.5) is 5.69 Å². The number of rotatable bonds is 5. The van der Waals surface area contributed by atoms with Gasteiger partial charge in [-0.25, -0.2) is 4.79 Å². The van der Waals surface area contributed by atoms with Crippen molar-refractivity contribution in [2.24, 2.45) is 0 Å². The van der Waals surface area contributed by atoms with Gasteiger partial charge in [-0.15, -0.1) is 11.3 Å². The Morgan fingerprint density at radius 2 is 2.04 bits per heavy atom. The van der Waals surface area contributed by atoms with Crippen LogP contribution in [0.5, 0.6) is 0 Å². The summed E-state index contributed by atoms with van der Waals surface area (Å²) >= 11 is 1.46. The summed E-state index contributed by atoms with van der Waals surface area (Å²) in [5.41, 5.74) is 1.42. The highest BCUT2D eigenvalue weighted by atomic mass is 32.1. The van der Waals surface area contributed by atoms with Gasteiger partial charge in [0.15, 0.2) is 6.10 Å². The van der Waals surface area contributed by atoms with E-state index in [0.29, 0.717) is 16.7 Å². The summed E-state index contributed by atoms with van der Waals surface area (Å²) in [7, 11) is 0. The number of benzene rings is 1. The number of esters is 1. The average molecular weight is 345 g/mol. The molecule has 3 aromatic rings. The number of carbonyl (C=O) groups excluding carboxylic acids is 2. The van der Waals surface area contributed by atoms with Gasteiger partial charge in [0.2, 0.25) is 0 Å². The van der Waals surface area contributed by atoms with Crippen molar-refractivity contribution in [1.82, 2.24) is 9.97 Å². The predicted octanol–water partition coefficient (Wildman–Crippen LogP) is 2.03. The van der Waals surface area contributed by atoms with Gasteiger partial charge in [0.25, 0.3) is 5.91 Å². The lowest BCUT2D eigenvalue weighted by atomic mass is 10.2. The average Bonchev–Trinajstić information content (AvgIpc) is 3.14. The largest absolute Gasteiger partial charge is 0.452 e. The van der Waals surface area contributed by atoms with E-state index < -0.39 is 18.0 Å². The first kappa shape index (κ1) is 16.0. The van der Waals surface area contributed by atoms with E-state index in [0.717, 1.165) is 4.88 Å². The van der Waals surface area contributed by atoms with Crippen LogP contribution in [0.1, 0.15) is 11.8 Å². The fourth-order valence-electron chi connectivity index (χ4n) is 2.20. The predicted molar refractivity (Wildman–Crippen MR) is 91.1 cm³/mol. The molecule has 2 aromatic heterocycles. The van der Waals surface area contributed by atoms with Crippen LogP contribution in [-0.4, -0.2) is 27.9 Å². The van der Waals surface area contributed by atoms with Gasteiger partial charge in [0.05, 0.1) is 17.5 Å². The van der Waals surface area contributed by atoms with Crippen LogP contribution < -0.4 is 11.0 Å². The number of anilines is 1. The Morgan fingerprint density at radius 3 is 2.79 bits per heavy atom. The van der Waals surface area contributed by atoms with Crippen molar-refractivity contribution >= 4 is 39.9 Å². The number of nitrogens with one attached hydrogen (secondary N) is 3. The van der Waals surface area contributed by atoms with E-state index in [1.807, 2.05) is 17.5 Å². The van der Waals surface area contributed by atoms with E-state index in [9.17, 15) is 14.4 Å². The van der Waals surface area contributed by atoms with Crippen LogP contribution in [0.3, 0.4) is 0 Å². The number of amides is 1. The fourth-order valence-corrected chi connectivity index (χ4v) is 2.89. The number of ether oxygens (including phenoxy) is 1. The second kappa shape index (κ2) is 6.71. The van der Waals surface area contributed by atoms with E-state index in [1.165, 1.54) is 18.3 Å². The minimum absolute atomic E-state index is 0.145. The summed E-state index contributed by atoms with van der Waals surface area (Å²) < 4.78 is 5.14. The van der Waals surface area contributed by atoms with Crippen LogP contribution in [0.2, 0.25) is 0 Å². The summed E-state index contributed by atoms with van der Waals surface area (Å²) in [6, 6.07) is 8.65. The Labute approximate surface area is 140 Å². The summed E-state index contributed by atoms with van der Waals surface area (Å²) in [6.07, 6.45) is -0.773. The second-order valence-corrected chi connectivity index (χ2v) is 6.25. The van der Waals surface area contributed by atoms with Crippen molar-refractivity contribution in [3.05, 3.63) is 51.1 Å². The van der Waals surface area contributed by atoms with E-state index >= 15 is 0 Å². The summed E-state index contributed by atoms with van der Waals surface area (Å²) in [4.78, 5) is 41.3. The van der Waals surface area contributed by atoms with Gasteiger partial charge >= 0.3 is 11.7 Å². The molecule has 0 aliphatic carbocycles. The highest BCUT2D eigenvalue weighted by molar-refractivity contribution is 7.10. The summed E-state index contributed by atoms with van der Waals surface area (Å²) in [5.74, 6) is -0.891. The molecule has 0 bridgehead atoms. The number of aromatic nitrogens is 2. The molecule has 3 rings (SSSR count). The lowest BCUT2D eigenvalue weighted by Gasteiger charge is -2.13. The number of thiophene rings is 1. The van der Waals surface area contributed by atoms with Crippen LogP contribution in [-0.2, 0) is 20.7 Å². The second-order valence-electron chi connectivity index (χ2n) is 5.22. The molecule has 0 spiro atoms. The molecule has 0 aliphatic rings. The molecule has 24 heavy (non-hydrogen) atoms. The van der Waals surface area contributed by atoms with Crippen molar-refractivity contribution in [2.45, 2.75) is 19.4 Å². The van der Waals surface area contributed by atoms with Crippen molar-refractivity contribution in [2.75, 3.05) is 5.32 Å².